The van der Waals surface area contributed by atoms with E-state index < -0.39 is 0 Å². The number of hydrogen-bond donors (Lipinski definition) is 1. The molecule has 1 fully saturated rings. The van der Waals surface area contributed by atoms with Gasteiger partial charge in [0, 0.05) is 36.2 Å². The van der Waals surface area contributed by atoms with E-state index in [9.17, 15) is 9.18 Å². The number of aromatic nitrogens is 1. The number of nitrogens with two attached hydrogens (primary N) is 1. The smallest absolute Gasteiger partial charge is 0.255 e. The van der Waals surface area contributed by atoms with Crippen LogP contribution in [0.15, 0.2) is 30.3 Å². The van der Waals surface area contributed by atoms with Gasteiger partial charge in [-0.25, -0.2) is 4.39 Å². The van der Waals surface area contributed by atoms with Crippen molar-refractivity contribution in [3.05, 3.63) is 53.1 Å². The largest absolute Gasteiger partial charge is 0.337 e. The van der Waals surface area contributed by atoms with Gasteiger partial charge in [-0.05, 0) is 57.0 Å². The summed E-state index contributed by atoms with van der Waals surface area (Å²) in [6.07, 6.45) is 1.92. The third-order valence-corrected chi connectivity index (χ3v) is 4.49. The topological polar surface area (TPSA) is 51.3 Å². The Labute approximate surface area is 135 Å². The molecule has 1 saturated heterocycles. The average molecular weight is 315 g/mol. The molecule has 0 radical (unpaired) electrons. The van der Waals surface area contributed by atoms with Gasteiger partial charge in [-0.2, -0.15) is 0 Å². The predicted molar refractivity (Wildman–Crippen MR) is 88.3 cm³/mol. The molecule has 1 atom stereocenters. The Morgan fingerprint density at radius 2 is 1.96 bits per heavy atom. The van der Waals surface area contributed by atoms with Crippen molar-refractivity contribution in [1.82, 2.24) is 9.47 Å². The summed E-state index contributed by atoms with van der Waals surface area (Å²) in [5, 5.41) is 0. The first-order chi connectivity index (χ1) is 11.0. The van der Waals surface area contributed by atoms with Gasteiger partial charge in [0.25, 0.3) is 5.91 Å². The number of amides is 1. The number of hydrogen-bond acceptors (Lipinski definition) is 2. The minimum atomic E-state index is -0.269. The fraction of sp³-hybridized carbons (Fsp3) is 0.389. The molecule has 122 valence electrons. The van der Waals surface area contributed by atoms with Gasteiger partial charge in [0.1, 0.15) is 5.82 Å². The lowest BCUT2D eigenvalue weighted by Gasteiger charge is -2.30. The van der Waals surface area contributed by atoms with Crippen molar-refractivity contribution in [1.29, 1.82) is 0 Å². The van der Waals surface area contributed by atoms with Crippen molar-refractivity contribution < 1.29 is 9.18 Å². The highest BCUT2D eigenvalue weighted by molar-refractivity contribution is 5.96. The Morgan fingerprint density at radius 3 is 2.61 bits per heavy atom. The van der Waals surface area contributed by atoms with Gasteiger partial charge in [-0.3, -0.25) is 4.79 Å². The molecule has 1 aliphatic heterocycles. The maximum Gasteiger partial charge on any atom is 0.255 e. The predicted octanol–water partition coefficient (Wildman–Crippen LogP) is 2.80. The zero-order chi connectivity index (χ0) is 16.6. The third-order valence-electron chi connectivity index (χ3n) is 4.49. The molecule has 23 heavy (non-hydrogen) atoms. The van der Waals surface area contributed by atoms with Crippen molar-refractivity contribution in [3.63, 3.8) is 0 Å². The lowest BCUT2D eigenvalue weighted by molar-refractivity contribution is 0.0708. The maximum absolute atomic E-state index is 13.1. The molecular weight excluding hydrogens is 293 g/mol. The molecule has 1 unspecified atom stereocenters. The van der Waals surface area contributed by atoms with Crippen molar-refractivity contribution >= 4 is 5.91 Å². The Balaban J connectivity index is 1.94. The fourth-order valence-electron chi connectivity index (χ4n) is 3.33. The van der Waals surface area contributed by atoms with Crippen LogP contribution < -0.4 is 5.73 Å². The Hall–Kier alpha value is -2.14. The molecule has 1 amide bonds. The van der Waals surface area contributed by atoms with E-state index in [1.165, 1.54) is 12.1 Å². The quantitative estimate of drug-likeness (QED) is 0.926. The molecule has 0 spiro atoms. The summed E-state index contributed by atoms with van der Waals surface area (Å²) in [5.74, 6) is -0.239. The summed E-state index contributed by atoms with van der Waals surface area (Å²) < 4.78 is 15.1. The van der Waals surface area contributed by atoms with Crippen LogP contribution in [0.25, 0.3) is 5.69 Å². The molecule has 0 bridgehead atoms. The lowest BCUT2D eigenvalue weighted by Crippen LogP contribution is -2.45. The molecule has 2 aromatic rings. The van der Waals surface area contributed by atoms with Crippen molar-refractivity contribution in [2.45, 2.75) is 32.7 Å². The summed E-state index contributed by atoms with van der Waals surface area (Å²) in [6.45, 7) is 5.24. The van der Waals surface area contributed by atoms with Gasteiger partial charge < -0.3 is 15.2 Å². The number of benzene rings is 1. The Bertz CT molecular complexity index is 721. The molecule has 0 saturated carbocycles. The second-order valence-electron chi connectivity index (χ2n) is 6.25. The standard InChI is InChI=1S/C18H22FN3O/c1-12-10-17(18(23)21-9-3-4-15(20)11-21)13(2)22(12)16-7-5-14(19)6-8-16/h5-8,10,15H,3-4,9,11,20H2,1-2H3. The third kappa shape index (κ3) is 3.01. The van der Waals surface area contributed by atoms with Gasteiger partial charge in [-0.15, -0.1) is 0 Å². The van der Waals surface area contributed by atoms with E-state index >= 15 is 0 Å². The van der Waals surface area contributed by atoms with Crippen LogP contribution in [0.5, 0.6) is 0 Å². The van der Waals surface area contributed by atoms with Gasteiger partial charge in [0.15, 0.2) is 0 Å². The monoisotopic (exact) mass is 315 g/mol. The molecule has 1 aromatic heterocycles. The summed E-state index contributed by atoms with van der Waals surface area (Å²) in [5.41, 5.74) is 9.37. The summed E-state index contributed by atoms with van der Waals surface area (Å²) in [7, 11) is 0. The number of piperidine rings is 1. The first-order valence-corrected chi connectivity index (χ1v) is 7.97. The zero-order valence-electron chi connectivity index (χ0n) is 13.6. The second kappa shape index (κ2) is 6.16. The highest BCUT2D eigenvalue weighted by Crippen LogP contribution is 2.23. The van der Waals surface area contributed by atoms with Crippen LogP contribution in [0.3, 0.4) is 0 Å². The minimum absolute atomic E-state index is 0.0293. The molecule has 5 heteroatoms. The van der Waals surface area contributed by atoms with Crippen LogP contribution in [0.2, 0.25) is 0 Å². The number of halogens is 1. The van der Waals surface area contributed by atoms with Crippen LogP contribution in [-0.2, 0) is 0 Å². The molecule has 3 rings (SSSR count). The van der Waals surface area contributed by atoms with Gasteiger partial charge in [-0.1, -0.05) is 0 Å². The molecule has 1 aromatic carbocycles. The van der Waals surface area contributed by atoms with Crippen LogP contribution in [0.1, 0.15) is 34.6 Å². The van der Waals surface area contributed by atoms with E-state index in [1.54, 1.807) is 12.1 Å². The molecular formula is C18H22FN3O. The average Bonchev–Trinajstić information content (AvgIpc) is 2.82. The number of carbonyl (C=O) groups is 1. The Morgan fingerprint density at radius 1 is 1.26 bits per heavy atom. The number of nitrogens with zero attached hydrogens (tertiary/aromatic N) is 2. The van der Waals surface area contributed by atoms with E-state index in [2.05, 4.69) is 0 Å². The normalized spacial score (nSPS) is 18.3. The van der Waals surface area contributed by atoms with Gasteiger partial charge >= 0.3 is 0 Å². The maximum atomic E-state index is 13.1. The first kappa shape index (κ1) is 15.7. The van der Waals surface area contributed by atoms with E-state index in [4.69, 9.17) is 5.73 Å². The van der Waals surface area contributed by atoms with E-state index in [1.807, 2.05) is 29.4 Å². The van der Waals surface area contributed by atoms with Gasteiger partial charge in [0.05, 0.1) is 5.56 Å². The number of likely N-dealkylation sites (tertiary alicyclic amines) is 1. The molecule has 4 nitrogen and oxygen atoms in total. The second-order valence-corrected chi connectivity index (χ2v) is 6.25. The zero-order valence-corrected chi connectivity index (χ0v) is 13.6. The van der Waals surface area contributed by atoms with Crippen molar-refractivity contribution in [2.24, 2.45) is 5.73 Å². The van der Waals surface area contributed by atoms with Crippen LogP contribution in [0.4, 0.5) is 4.39 Å². The lowest BCUT2D eigenvalue weighted by atomic mass is 10.1. The highest BCUT2D eigenvalue weighted by Gasteiger charge is 2.25. The number of carbonyl (C=O) groups excluding carboxylic acids is 1. The highest BCUT2D eigenvalue weighted by atomic mass is 19.1. The number of rotatable bonds is 2. The molecule has 1 aliphatic rings. The summed E-state index contributed by atoms with van der Waals surface area (Å²) >= 11 is 0. The summed E-state index contributed by atoms with van der Waals surface area (Å²) in [6, 6.07) is 8.27. The van der Waals surface area contributed by atoms with Crippen LogP contribution >= 0.6 is 0 Å². The Kier molecular flexibility index (Phi) is 4.22. The van der Waals surface area contributed by atoms with Crippen molar-refractivity contribution in [3.8, 4) is 5.69 Å². The van der Waals surface area contributed by atoms with E-state index in [0.717, 1.165) is 36.5 Å². The first-order valence-electron chi connectivity index (χ1n) is 7.97. The van der Waals surface area contributed by atoms with Gasteiger partial charge in [0.2, 0.25) is 0 Å². The fourth-order valence-corrected chi connectivity index (χ4v) is 3.33. The van der Waals surface area contributed by atoms with Crippen LogP contribution in [-0.4, -0.2) is 34.5 Å². The van der Waals surface area contributed by atoms with E-state index in [0.29, 0.717) is 12.1 Å². The minimum Gasteiger partial charge on any atom is -0.337 e. The van der Waals surface area contributed by atoms with E-state index in [-0.39, 0.29) is 17.8 Å². The van der Waals surface area contributed by atoms with Crippen molar-refractivity contribution in [2.75, 3.05) is 13.1 Å². The van der Waals surface area contributed by atoms with Crippen LogP contribution in [0, 0.1) is 19.7 Å². The molecule has 2 heterocycles. The SMILES string of the molecule is Cc1cc(C(=O)N2CCCC(N)C2)c(C)n1-c1ccc(F)cc1. The molecule has 2 N–H and O–H groups in total. The molecule has 0 aliphatic carbocycles. The summed E-state index contributed by atoms with van der Waals surface area (Å²) in [4.78, 5) is 14.7. The number of aryl methyl sites for hydroxylation is 1.